The van der Waals surface area contributed by atoms with E-state index in [0.29, 0.717) is 21.3 Å². The molecule has 1 heterocycles. The number of fused-ring (bicyclic) bond motifs is 1. The highest BCUT2D eigenvalue weighted by atomic mass is 35.5. The minimum atomic E-state index is -1.45. The molecule has 4 rings (SSSR count). The van der Waals surface area contributed by atoms with Crippen molar-refractivity contribution in [2.45, 2.75) is 12.0 Å². The zero-order chi connectivity index (χ0) is 23.9. The number of carbonyl (C=O) groups is 2. The van der Waals surface area contributed by atoms with E-state index < -0.39 is 29.0 Å². The standard InChI is InChI=1S/C24H19Cl2F2N3O2/c1-31(2)22(32)16-10-18(27)19(28)11-20(16)30-24(12-13-4-3-5-14(25)8-13)17-7-6-15(26)9-21(17)29-23(24)33/h3-11,30H,12H2,1-2H3,(H,29,33). The Kier molecular flexibility index (Phi) is 6.03. The van der Waals surface area contributed by atoms with Gasteiger partial charge in [-0.2, -0.15) is 0 Å². The Morgan fingerprint density at radius 1 is 1.03 bits per heavy atom. The number of carbonyl (C=O) groups excluding carboxylic acids is 2. The van der Waals surface area contributed by atoms with Crippen molar-refractivity contribution in [2.75, 3.05) is 24.7 Å². The molecule has 3 aromatic carbocycles. The Bertz CT molecular complexity index is 1280. The minimum absolute atomic E-state index is 0.0208. The molecule has 0 aromatic heterocycles. The van der Waals surface area contributed by atoms with Crippen molar-refractivity contribution in [3.05, 3.63) is 93.0 Å². The molecule has 2 N–H and O–H groups in total. The number of nitrogens with zero attached hydrogens (tertiary/aromatic N) is 1. The van der Waals surface area contributed by atoms with Crippen LogP contribution in [0.15, 0.2) is 54.6 Å². The average molecular weight is 490 g/mol. The van der Waals surface area contributed by atoms with E-state index >= 15 is 0 Å². The molecule has 1 aliphatic heterocycles. The largest absolute Gasteiger partial charge is 0.367 e. The lowest BCUT2D eigenvalue weighted by Gasteiger charge is -2.31. The fourth-order valence-corrected chi connectivity index (χ4v) is 4.32. The highest BCUT2D eigenvalue weighted by Crippen LogP contribution is 2.43. The first-order valence-electron chi connectivity index (χ1n) is 9.95. The van der Waals surface area contributed by atoms with Gasteiger partial charge < -0.3 is 15.5 Å². The molecular weight excluding hydrogens is 471 g/mol. The molecule has 0 fully saturated rings. The van der Waals surface area contributed by atoms with E-state index in [1.54, 1.807) is 42.5 Å². The van der Waals surface area contributed by atoms with Crippen LogP contribution >= 0.6 is 23.2 Å². The van der Waals surface area contributed by atoms with Gasteiger partial charge in [0.1, 0.15) is 5.54 Å². The molecule has 0 spiro atoms. The zero-order valence-electron chi connectivity index (χ0n) is 17.7. The van der Waals surface area contributed by atoms with Gasteiger partial charge in [-0.15, -0.1) is 0 Å². The van der Waals surface area contributed by atoms with Crippen LogP contribution in [0.1, 0.15) is 21.5 Å². The molecular formula is C24H19Cl2F2N3O2. The van der Waals surface area contributed by atoms with Gasteiger partial charge in [0.2, 0.25) is 0 Å². The number of hydrogen-bond acceptors (Lipinski definition) is 3. The van der Waals surface area contributed by atoms with Crippen LogP contribution in [-0.2, 0) is 16.8 Å². The molecule has 0 saturated carbocycles. The van der Waals surface area contributed by atoms with Crippen LogP contribution in [0.5, 0.6) is 0 Å². The highest BCUT2D eigenvalue weighted by molar-refractivity contribution is 6.31. The molecule has 9 heteroatoms. The van der Waals surface area contributed by atoms with E-state index in [9.17, 15) is 18.4 Å². The van der Waals surface area contributed by atoms with Crippen LogP contribution in [0.25, 0.3) is 0 Å². The summed E-state index contributed by atoms with van der Waals surface area (Å²) in [6.07, 6.45) is 0.114. The third-order valence-corrected chi connectivity index (χ3v) is 5.95. The van der Waals surface area contributed by atoms with Crippen molar-refractivity contribution in [2.24, 2.45) is 0 Å². The zero-order valence-corrected chi connectivity index (χ0v) is 19.2. The monoisotopic (exact) mass is 489 g/mol. The van der Waals surface area contributed by atoms with Gasteiger partial charge in [-0.05, 0) is 35.9 Å². The fourth-order valence-electron chi connectivity index (χ4n) is 3.94. The van der Waals surface area contributed by atoms with Gasteiger partial charge in [0.25, 0.3) is 11.8 Å². The van der Waals surface area contributed by atoms with Gasteiger partial charge in [0.05, 0.1) is 11.3 Å². The summed E-state index contributed by atoms with van der Waals surface area (Å²) in [5.74, 6) is -3.31. The molecule has 0 aliphatic carbocycles. The fraction of sp³-hybridized carbons (Fsp3) is 0.167. The molecule has 170 valence electrons. The number of hydrogen-bond donors (Lipinski definition) is 2. The molecule has 0 bridgehead atoms. The first-order valence-corrected chi connectivity index (χ1v) is 10.7. The molecule has 2 amide bonds. The highest BCUT2D eigenvalue weighted by Gasteiger charge is 2.47. The van der Waals surface area contributed by atoms with Crippen LogP contribution in [0.3, 0.4) is 0 Å². The van der Waals surface area contributed by atoms with Gasteiger partial charge in [-0.3, -0.25) is 9.59 Å². The van der Waals surface area contributed by atoms with Gasteiger partial charge in [0, 0.05) is 47.9 Å². The van der Waals surface area contributed by atoms with Crippen molar-refractivity contribution in [3.8, 4) is 0 Å². The van der Waals surface area contributed by atoms with E-state index in [0.717, 1.165) is 17.7 Å². The topological polar surface area (TPSA) is 61.4 Å². The maximum atomic E-state index is 14.3. The molecule has 0 saturated heterocycles. The Morgan fingerprint density at radius 3 is 2.42 bits per heavy atom. The molecule has 1 unspecified atom stereocenters. The molecule has 33 heavy (non-hydrogen) atoms. The molecule has 0 radical (unpaired) electrons. The normalized spacial score (nSPS) is 16.8. The number of benzene rings is 3. The van der Waals surface area contributed by atoms with E-state index in [1.165, 1.54) is 19.0 Å². The number of halogens is 4. The number of rotatable bonds is 5. The van der Waals surface area contributed by atoms with Crippen LogP contribution in [0.4, 0.5) is 20.2 Å². The number of anilines is 2. The van der Waals surface area contributed by atoms with Crippen molar-refractivity contribution in [3.63, 3.8) is 0 Å². The second-order valence-corrected chi connectivity index (χ2v) is 8.87. The predicted octanol–water partition coefficient (Wildman–Crippen LogP) is 5.48. The van der Waals surface area contributed by atoms with E-state index in [2.05, 4.69) is 10.6 Å². The number of nitrogens with one attached hydrogen (secondary N) is 2. The second kappa shape index (κ2) is 8.65. The first kappa shape index (κ1) is 23.0. The summed E-state index contributed by atoms with van der Waals surface area (Å²) in [7, 11) is 2.99. The minimum Gasteiger partial charge on any atom is -0.367 e. The average Bonchev–Trinajstić information content (AvgIpc) is 3.00. The summed E-state index contributed by atoms with van der Waals surface area (Å²) in [4.78, 5) is 27.4. The Labute approximate surface area is 199 Å². The van der Waals surface area contributed by atoms with Crippen LogP contribution in [0.2, 0.25) is 10.0 Å². The van der Waals surface area contributed by atoms with E-state index in [4.69, 9.17) is 23.2 Å². The molecule has 3 aromatic rings. The van der Waals surface area contributed by atoms with Gasteiger partial charge >= 0.3 is 0 Å². The van der Waals surface area contributed by atoms with Crippen molar-refractivity contribution < 1.29 is 18.4 Å². The number of amides is 2. The SMILES string of the molecule is CN(C)C(=O)c1cc(F)c(F)cc1NC1(Cc2cccc(Cl)c2)C(=O)Nc2cc(Cl)ccc21. The first-order chi connectivity index (χ1) is 15.6. The maximum absolute atomic E-state index is 14.3. The quantitative estimate of drug-likeness (QED) is 0.499. The predicted molar refractivity (Wildman–Crippen MR) is 125 cm³/mol. The lowest BCUT2D eigenvalue weighted by atomic mass is 9.84. The third kappa shape index (κ3) is 4.26. The molecule has 1 atom stereocenters. The smallest absolute Gasteiger partial charge is 0.255 e. The summed E-state index contributed by atoms with van der Waals surface area (Å²) in [5.41, 5.74) is 0.161. The van der Waals surface area contributed by atoms with Crippen molar-refractivity contribution in [1.29, 1.82) is 0 Å². The van der Waals surface area contributed by atoms with Gasteiger partial charge in [-0.1, -0.05) is 41.4 Å². The Hall–Kier alpha value is -3.16. The summed E-state index contributed by atoms with van der Waals surface area (Å²) in [6, 6.07) is 13.6. The van der Waals surface area contributed by atoms with Gasteiger partial charge in [-0.25, -0.2) is 8.78 Å². The summed E-state index contributed by atoms with van der Waals surface area (Å²) < 4.78 is 28.3. The van der Waals surface area contributed by atoms with E-state index in [-0.39, 0.29) is 17.7 Å². The van der Waals surface area contributed by atoms with Crippen LogP contribution < -0.4 is 10.6 Å². The Morgan fingerprint density at radius 2 is 1.73 bits per heavy atom. The van der Waals surface area contributed by atoms with Gasteiger partial charge in [0.15, 0.2) is 11.6 Å². The van der Waals surface area contributed by atoms with Crippen LogP contribution in [-0.4, -0.2) is 30.8 Å². The molecule has 1 aliphatic rings. The van der Waals surface area contributed by atoms with E-state index in [1.807, 2.05) is 0 Å². The lowest BCUT2D eigenvalue weighted by Crippen LogP contribution is -2.45. The summed E-state index contributed by atoms with van der Waals surface area (Å²) in [6.45, 7) is 0. The third-order valence-electron chi connectivity index (χ3n) is 5.48. The molecule has 5 nitrogen and oxygen atoms in total. The maximum Gasteiger partial charge on any atom is 0.255 e. The van der Waals surface area contributed by atoms with Crippen molar-refractivity contribution in [1.82, 2.24) is 4.90 Å². The second-order valence-electron chi connectivity index (χ2n) is 7.99. The summed E-state index contributed by atoms with van der Waals surface area (Å²) >= 11 is 12.3. The van der Waals surface area contributed by atoms with Crippen LogP contribution in [0, 0.1) is 11.6 Å². The summed E-state index contributed by atoms with van der Waals surface area (Å²) in [5, 5.41) is 6.77. The Balaban J connectivity index is 1.91. The lowest BCUT2D eigenvalue weighted by molar-refractivity contribution is -0.119. The van der Waals surface area contributed by atoms with Crippen molar-refractivity contribution >= 4 is 46.4 Å².